The highest BCUT2D eigenvalue weighted by atomic mass is 127. The van der Waals surface area contributed by atoms with Crippen molar-refractivity contribution in [1.82, 2.24) is 10.6 Å². The van der Waals surface area contributed by atoms with Gasteiger partial charge in [0.2, 0.25) is 0 Å². The second-order valence-corrected chi connectivity index (χ2v) is 6.10. The van der Waals surface area contributed by atoms with Crippen LogP contribution in [0, 0.1) is 6.92 Å². The number of aliphatic imine (C=N–C) groups is 1. The van der Waals surface area contributed by atoms with E-state index >= 15 is 0 Å². The summed E-state index contributed by atoms with van der Waals surface area (Å²) < 4.78 is 0. The summed E-state index contributed by atoms with van der Waals surface area (Å²) in [5.74, 6) is 0.841. The van der Waals surface area contributed by atoms with Crippen molar-refractivity contribution in [3.05, 3.63) is 65.2 Å². The molecule has 0 bridgehead atoms. The zero-order valence-corrected chi connectivity index (χ0v) is 17.9. The molecule has 0 saturated heterocycles. The zero-order valence-electron chi connectivity index (χ0n) is 15.5. The van der Waals surface area contributed by atoms with E-state index in [2.05, 4.69) is 92.0 Å². The predicted molar refractivity (Wildman–Crippen MR) is 119 cm³/mol. The smallest absolute Gasteiger partial charge is 0.191 e. The van der Waals surface area contributed by atoms with E-state index < -0.39 is 0 Å². The van der Waals surface area contributed by atoms with E-state index in [1.54, 1.807) is 0 Å². The van der Waals surface area contributed by atoms with Crippen LogP contribution in [0.5, 0.6) is 0 Å². The van der Waals surface area contributed by atoms with Gasteiger partial charge >= 0.3 is 0 Å². The molecule has 2 rings (SSSR count). The second kappa shape index (κ2) is 11.0. The van der Waals surface area contributed by atoms with E-state index in [0.717, 1.165) is 19.0 Å². The normalized spacial score (nSPS) is 10.8. The third-order valence-electron chi connectivity index (χ3n) is 3.77. The topological polar surface area (TPSA) is 39.7 Å². The van der Waals surface area contributed by atoms with Crippen molar-refractivity contribution in [2.24, 2.45) is 4.99 Å². The summed E-state index contributed by atoms with van der Waals surface area (Å²) in [4.78, 5) is 6.80. The van der Waals surface area contributed by atoms with Gasteiger partial charge in [0.05, 0.1) is 6.54 Å². The maximum Gasteiger partial charge on any atom is 0.191 e. The number of hydrogen-bond acceptors (Lipinski definition) is 2. The van der Waals surface area contributed by atoms with Crippen LogP contribution in [0.15, 0.2) is 53.5 Å². The maximum atomic E-state index is 4.69. The number of halogens is 1. The summed E-state index contributed by atoms with van der Waals surface area (Å²) in [6, 6.07) is 17.0. The molecule has 2 aromatic rings. The predicted octanol–water partition coefficient (Wildman–Crippen LogP) is 3.93. The summed E-state index contributed by atoms with van der Waals surface area (Å²) in [5, 5.41) is 6.69. The van der Waals surface area contributed by atoms with Crippen molar-refractivity contribution >= 4 is 35.6 Å². The van der Waals surface area contributed by atoms with Crippen LogP contribution in [-0.2, 0) is 13.1 Å². The molecule has 136 valence electrons. The van der Waals surface area contributed by atoms with Gasteiger partial charge in [-0.15, -0.1) is 24.0 Å². The Balaban J connectivity index is 0.00000312. The highest BCUT2D eigenvalue weighted by Crippen LogP contribution is 2.14. The molecule has 0 spiro atoms. The van der Waals surface area contributed by atoms with Crippen molar-refractivity contribution in [3.8, 4) is 0 Å². The van der Waals surface area contributed by atoms with Crippen molar-refractivity contribution in [3.63, 3.8) is 0 Å². The van der Waals surface area contributed by atoms with E-state index in [0.29, 0.717) is 6.54 Å². The van der Waals surface area contributed by atoms with E-state index in [1.807, 2.05) is 0 Å². The number of hydrogen-bond donors (Lipinski definition) is 2. The molecule has 2 N–H and O–H groups in total. The first-order valence-corrected chi connectivity index (χ1v) is 8.42. The van der Waals surface area contributed by atoms with Crippen molar-refractivity contribution < 1.29 is 0 Å². The molecule has 0 aliphatic carbocycles. The first kappa shape index (κ1) is 21.3. The number of nitrogens with one attached hydrogen (secondary N) is 2. The van der Waals surface area contributed by atoms with Crippen LogP contribution in [0.3, 0.4) is 0 Å². The Kier molecular flexibility index (Phi) is 9.34. The fourth-order valence-electron chi connectivity index (χ4n) is 2.34. The Labute approximate surface area is 168 Å². The summed E-state index contributed by atoms with van der Waals surface area (Å²) >= 11 is 0. The van der Waals surface area contributed by atoms with Crippen LogP contribution in [0.4, 0.5) is 5.69 Å². The van der Waals surface area contributed by atoms with Gasteiger partial charge in [-0.05, 0) is 37.1 Å². The van der Waals surface area contributed by atoms with Gasteiger partial charge in [0.1, 0.15) is 0 Å². The quantitative estimate of drug-likeness (QED) is 0.397. The van der Waals surface area contributed by atoms with Crippen LogP contribution in [0.25, 0.3) is 0 Å². The third kappa shape index (κ3) is 7.34. The lowest BCUT2D eigenvalue weighted by atomic mass is 10.1. The van der Waals surface area contributed by atoms with E-state index in [1.165, 1.54) is 22.4 Å². The largest absolute Gasteiger partial charge is 0.378 e. The molecule has 0 saturated carbocycles. The van der Waals surface area contributed by atoms with Crippen LogP contribution in [-0.4, -0.2) is 26.6 Å². The molecule has 0 radical (unpaired) electrons. The van der Waals surface area contributed by atoms with Crippen LogP contribution >= 0.6 is 24.0 Å². The Bertz CT molecular complexity index is 666. The number of nitrogens with zero attached hydrogens (tertiary/aromatic N) is 2. The van der Waals surface area contributed by atoms with E-state index in [4.69, 9.17) is 4.99 Å². The zero-order chi connectivity index (χ0) is 17.4. The fourth-order valence-corrected chi connectivity index (χ4v) is 2.34. The molecular formula is C20H29IN4. The highest BCUT2D eigenvalue weighted by Gasteiger charge is 2.00. The molecule has 0 atom stereocenters. The summed E-state index contributed by atoms with van der Waals surface area (Å²) in [6.45, 7) is 6.45. The lowest BCUT2D eigenvalue weighted by Crippen LogP contribution is -2.36. The van der Waals surface area contributed by atoms with Crippen LogP contribution in [0.2, 0.25) is 0 Å². The molecule has 0 unspecified atom stereocenters. The molecule has 0 aliphatic rings. The average Bonchev–Trinajstić information content (AvgIpc) is 2.59. The summed E-state index contributed by atoms with van der Waals surface area (Å²) in [7, 11) is 4.10. The highest BCUT2D eigenvalue weighted by molar-refractivity contribution is 14.0. The molecular weight excluding hydrogens is 423 g/mol. The molecule has 0 heterocycles. The van der Waals surface area contributed by atoms with Gasteiger partial charge in [-0.2, -0.15) is 0 Å². The number of guanidine groups is 1. The monoisotopic (exact) mass is 452 g/mol. The van der Waals surface area contributed by atoms with Gasteiger partial charge < -0.3 is 15.5 Å². The maximum absolute atomic E-state index is 4.69. The van der Waals surface area contributed by atoms with E-state index in [9.17, 15) is 0 Å². The fraction of sp³-hybridized carbons (Fsp3) is 0.350. The molecule has 25 heavy (non-hydrogen) atoms. The lowest BCUT2D eigenvalue weighted by Gasteiger charge is -2.14. The number of benzene rings is 2. The van der Waals surface area contributed by atoms with Gasteiger partial charge in [0, 0.05) is 32.9 Å². The number of anilines is 1. The molecule has 0 aromatic heterocycles. The first-order valence-electron chi connectivity index (χ1n) is 8.42. The van der Waals surface area contributed by atoms with Gasteiger partial charge in [0.15, 0.2) is 5.96 Å². The lowest BCUT2D eigenvalue weighted by molar-refractivity contribution is 0.816. The minimum Gasteiger partial charge on any atom is -0.378 e. The molecule has 0 amide bonds. The SMILES string of the molecule is CCNC(=NCc1cccc(N(C)C)c1)NCc1ccc(C)cc1.I. The Hall–Kier alpha value is -1.76. The third-order valence-corrected chi connectivity index (χ3v) is 3.77. The minimum absolute atomic E-state index is 0. The molecule has 4 nitrogen and oxygen atoms in total. The van der Waals surface area contributed by atoms with Crippen molar-refractivity contribution in [2.45, 2.75) is 26.9 Å². The van der Waals surface area contributed by atoms with Crippen LogP contribution < -0.4 is 15.5 Å². The van der Waals surface area contributed by atoms with Gasteiger partial charge in [-0.1, -0.05) is 42.0 Å². The average molecular weight is 452 g/mol. The minimum atomic E-state index is 0. The Morgan fingerprint density at radius 3 is 2.36 bits per heavy atom. The standard InChI is InChI=1S/C20H28N4.HI/c1-5-21-20(22-14-17-11-9-16(2)10-12-17)23-15-18-7-6-8-19(13-18)24(3)4;/h6-13H,5,14-15H2,1-4H3,(H2,21,22,23);1H. The summed E-state index contributed by atoms with van der Waals surface area (Å²) in [5.41, 5.74) is 4.93. The van der Waals surface area contributed by atoms with Crippen molar-refractivity contribution in [1.29, 1.82) is 0 Å². The van der Waals surface area contributed by atoms with Crippen molar-refractivity contribution in [2.75, 3.05) is 25.5 Å². The van der Waals surface area contributed by atoms with Crippen LogP contribution in [0.1, 0.15) is 23.6 Å². The first-order chi connectivity index (χ1) is 11.6. The summed E-state index contributed by atoms with van der Waals surface area (Å²) in [6.07, 6.45) is 0. The van der Waals surface area contributed by atoms with Gasteiger partial charge in [-0.3, -0.25) is 0 Å². The second-order valence-electron chi connectivity index (χ2n) is 6.10. The Morgan fingerprint density at radius 1 is 1.00 bits per heavy atom. The number of rotatable bonds is 6. The number of aryl methyl sites for hydroxylation is 1. The molecule has 5 heteroatoms. The molecule has 2 aromatic carbocycles. The Morgan fingerprint density at radius 2 is 1.72 bits per heavy atom. The van der Waals surface area contributed by atoms with Gasteiger partial charge in [0.25, 0.3) is 0 Å². The molecule has 0 aliphatic heterocycles. The van der Waals surface area contributed by atoms with E-state index in [-0.39, 0.29) is 24.0 Å². The molecule has 0 fully saturated rings. The van der Waals surface area contributed by atoms with Gasteiger partial charge in [-0.25, -0.2) is 4.99 Å².